The monoisotopic (exact) mass is 312 g/mol. The van der Waals surface area contributed by atoms with Crippen LogP contribution < -0.4 is 10.6 Å². The van der Waals surface area contributed by atoms with Crippen LogP contribution in [0.4, 0.5) is 11.6 Å². The lowest BCUT2D eigenvalue weighted by Crippen LogP contribution is -2.31. The molecule has 1 unspecified atom stereocenters. The SMILES string of the molecule is CCCNc1ncnc(NC(C)C2CCC2)c1Br. The van der Waals surface area contributed by atoms with Gasteiger partial charge in [-0.05, 0) is 48.0 Å². The van der Waals surface area contributed by atoms with Crippen molar-refractivity contribution in [3.8, 4) is 0 Å². The minimum atomic E-state index is 0.476. The average molecular weight is 313 g/mol. The van der Waals surface area contributed by atoms with Crippen LogP contribution in [-0.4, -0.2) is 22.6 Å². The van der Waals surface area contributed by atoms with Crippen molar-refractivity contribution in [3.05, 3.63) is 10.8 Å². The van der Waals surface area contributed by atoms with Gasteiger partial charge >= 0.3 is 0 Å². The lowest BCUT2D eigenvalue weighted by atomic mass is 9.80. The average Bonchev–Trinajstić information content (AvgIpc) is 2.28. The van der Waals surface area contributed by atoms with E-state index in [0.717, 1.165) is 35.0 Å². The lowest BCUT2D eigenvalue weighted by molar-refractivity contribution is 0.285. The van der Waals surface area contributed by atoms with Crippen molar-refractivity contribution in [1.29, 1.82) is 0 Å². The first-order valence-electron chi connectivity index (χ1n) is 6.73. The summed E-state index contributed by atoms with van der Waals surface area (Å²) in [5, 5.41) is 6.79. The van der Waals surface area contributed by atoms with Gasteiger partial charge in [-0.15, -0.1) is 0 Å². The number of hydrogen-bond acceptors (Lipinski definition) is 4. The van der Waals surface area contributed by atoms with Gasteiger partial charge in [-0.3, -0.25) is 0 Å². The van der Waals surface area contributed by atoms with Gasteiger partial charge in [-0.1, -0.05) is 13.3 Å². The summed E-state index contributed by atoms with van der Waals surface area (Å²) in [6.45, 7) is 5.30. The van der Waals surface area contributed by atoms with Crippen LogP contribution in [0.1, 0.15) is 39.5 Å². The maximum Gasteiger partial charge on any atom is 0.146 e. The van der Waals surface area contributed by atoms with Crippen LogP contribution in [0, 0.1) is 5.92 Å². The van der Waals surface area contributed by atoms with Gasteiger partial charge in [0.25, 0.3) is 0 Å². The van der Waals surface area contributed by atoms with E-state index in [2.05, 4.69) is 50.4 Å². The summed E-state index contributed by atoms with van der Waals surface area (Å²) in [6, 6.07) is 0.476. The Kier molecular flexibility index (Phi) is 4.80. The van der Waals surface area contributed by atoms with E-state index in [9.17, 15) is 0 Å². The summed E-state index contributed by atoms with van der Waals surface area (Å²) in [4.78, 5) is 8.57. The fourth-order valence-electron chi connectivity index (χ4n) is 2.11. The highest BCUT2D eigenvalue weighted by Gasteiger charge is 2.24. The number of hydrogen-bond donors (Lipinski definition) is 2. The summed E-state index contributed by atoms with van der Waals surface area (Å²) in [6.07, 6.45) is 6.72. The number of rotatable bonds is 6. The molecule has 100 valence electrons. The molecule has 1 atom stereocenters. The zero-order valence-electron chi connectivity index (χ0n) is 11.0. The van der Waals surface area contributed by atoms with Crippen LogP contribution in [-0.2, 0) is 0 Å². The molecule has 1 aliphatic carbocycles. The summed E-state index contributed by atoms with van der Waals surface area (Å²) in [7, 11) is 0. The fraction of sp³-hybridized carbons (Fsp3) is 0.692. The van der Waals surface area contributed by atoms with E-state index in [1.807, 2.05) is 0 Å². The van der Waals surface area contributed by atoms with Crippen molar-refractivity contribution < 1.29 is 0 Å². The number of nitrogens with one attached hydrogen (secondary N) is 2. The standard InChI is InChI=1S/C13H21BrN4/c1-3-7-15-12-11(14)13(17-8-16-12)18-9(2)10-5-4-6-10/h8-10H,3-7H2,1-2H3,(H2,15,16,17,18). The zero-order chi connectivity index (χ0) is 13.0. The van der Waals surface area contributed by atoms with Crippen molar-refractivity contribution in [2.24, 2.45) is 5.92 Å². The van der Waals surface area contributed by atoms with Gasteiger partial charge in [0.1, 0.15) is 22.4 Å². The predicted octanol–water partition coefficient (Wildman–Crippen LogP) is 3.66. The van der Waals surface area contributed by atoms with Gasteiger partial charge in [0.2, 0.25) is 0 Å². The Hall–Kier alpha value is -0.840. The molecule has 1 aliphatic rings. The third-order valence-electron chi connectivity index (χ3n) is 3.55. The quantitative estimate of drug-likeness (QED) is 0.841. The van der Waals surface area contributed by atoms with Crippen molar-refractivity contribution in [2.75, 3.05) is 17.2 Å². The Labute approximate surface area is 117 Å². The smallest absolute Gasteiger partial charge is 0.146 e. The first-order chi connectivity index (χ1) is 8.72. The van der Waals surface area contributed by atoms with Crippen molar-refractivity contribution >= 4 is 27.6 Å². The highest BCUT2D eigenvalue weighted by atomic mass is 79.9. The molecule has 0 radical (unpaired) electrons. The summed E-state index contributed by atoms with van der Waals surface area (Å²) >= 11 is 3.58. The summed E-state index contributed by atoms with van der Waals surface area (Å²) < 4.78 is 0.935. The molecule has 0 amide bonds. The molecule has 1 heterocycles. The van der Waals surface area contributed by atoms with Crippen molar-refractivity contribution in [1.82, 2.24) is 9.97 Å². The number of nitrogens with zero attached hydrogens (tertiary/aromatic N) is 2. The van der Waals surface area contributed by atoms with Crippen LogP contribution in [0.25, 0.3) is 0 Å². The highest BCUT2D eigenvalue weighted by molar-refractivity contribution is 9.10. The van der Waals surface area contributed by atoms with Gasteiger partial charge < -0.3 is 10.6 Å². The molecule has 0 aliphatic heterocycles. The Bertz CT molecular complexity index is 393. The maximum absolute atomic E-state index is 4.32. The van der Waals surface area contributed by atoms with E-state index < -0.39 is 0 Å². The van der Waals surface area contributed by atoms with E-state index in [1.165, 1.54) is 19.3 Å². The van der Waals surface area contributed by atoms with Crippen LogP contribution >= 0.6 is 15.9 Å². The molecular weight excluding hydrogens is 292 g/mol. The molecule has 0 saturated heterocycles. The molecule has 5 heteroatoms. The maximum atomic E-state index is 4.32. The molecule has 0 bridgehead atoms. The Morgan fingerprint density at radius 1 is 1.39 bits per heavy atom. The van der Waals surface area contributed by atoms with Gasteiger partial charge in [0.15, 0.2) is 0 Å². The second-order valence-corrected chi connectivity index (χ2v) is 5.73. The molecule has 2 rings (SSSR count). The van der Waals surface area contributed by atoms with E-state index in [0.29, 0.717) is 6.04 Å². The topological polar surface area (TPSA) is 49.8 Å². The van der Waals surface area contributed by atoms with Gasteiger partial charge in [-0.2, -0.15) is 0 Å². The molecule has 0 aromatic carbocycles. The van der Waals surface area contributed by atoms with Gasteiger partial charge in [-0.25, -0.2) is 9.97 Å². The molecule has 0 spiro atoms. The highest BCUT2D eigenvalue weighted by Crippen LogP contribution is 2.33. The number of aromatic nitrogens is 2. The number of halogens is 1. The molecular formula is C13H21BrN4. The normalized spacial score (nSPS) is 17.1. The van der Waals surface area contributed by atoms with E-state index >= 15 is 0 Å². The van der Waals surface area contributed by atoms with E-state index in [-0.39, 0.29) is 0 Å². The molecule has 1 saturated carbocycles. The molecule has 2 N–H and O–H groups in total. The molecule has 4 nitrogen and oxygen atoms in total. The second kappa shape index (κ2) is 6.36. The van der Waals surface area contributed by atoms with Crippen molar-refractivity contribution in [3.63, 3.8) is 0 Å². The Morgan fingerprint density at radius 2 is 2.11 bits per heavy atom. The molecule has 18 heavy (non-hydrogen) atoms. The minimum Gasteiger partial charge on any atom is -0.369 e. The van der Waals surface area contributed by atoms with E-state index in [4.69, 9.17) is 0 Å². The van der Waals surface area contributed by atoms with Gasteiger partial charge in [0.05, 0.1) is 0 Å². The summed E-state index contributed by atoms with van der Waals surface area (Å²) in [5.41, 5.74) is 0. The van der Waals surface area contributed by atoms with Crippen LogP contribution in [0.5, 0.6) is 0 Å². The lowest BCUT2D eigenvalue weighted by Gasteiger charge is -2.32. The van der Waals surface area contributed by atoms with E-state index in [1.54, 1.807) is 6.33 Å². The fourth-order valence-corrected chi connectivity index (χ4v) is 2.57. The van der Waals surface area contributed by atoms with Crippen molar-refractivity contribution in [2.45, 2.75) is 45.6 Å². The second-order valence-electron chi connectivity index (χ2n) is 4.94. The molecule has 1 aromatic rings. The first kappa shape index (κ1) is 13.6. The number of anilines is 2. The Balaban J connectivity index is 2.02. The zero-order valence-corrected chi connectivity index (χ0v) is 12.6. The largest absolute Gasteiger partial charge is 0.369 e. The third-order valence-corrected chi connectivity index (χ3v) is 4.30. The van der Waals surface area contributed by atoms with Crippen LogP contribution in [0.3, 0.4) is 0 Å². The minimum absolute atomic E-state index is 0.476. The van der Waals surface area contributed by atoms with Crippen LogP contribution in [0.2, 0.25) is 0 Å². The van der Waals surface area contributed by atoms with Gasteiger partial charge in [0, 0.05) is 12.6 Å². The molecule has 1 aromatic heterocycles. The molecule has 1 fully saturated rings. The summed E-state index contributed by atoms with van der Waals surface area (Å²) in [5.74, 6) is 2.55. The third kappa shape index (κ3) is 3.13. The Morgan fingerprint density at radius 3 is 2.72 bits per heavy atom. The predicted molar refractivity (Wildman–Crippen MR) is 78.9 cm³/mol. The first-order valence-corrected chi connectivity index (χ1v) is 7.52. The van der Waals surface area contributed by atoms with Crippen LogP contribution in [0.15, 0.2) is 10.8 Å².